The van der Waals surface area contributed by atoms with Crippen LogP contribution in [0.15, 0.2) is 0 Å². The third-order valence-corrected chi connectivity index (χ3v) is 5.48. The second kappa shape index (κ2) is 7.05. The number of piperidine rings is 1. The molecule has 2 rings (SSSR count). The van der Waals surface area contributed by atoms with Crippen LogP contribution in [-0.2, 0) is 0 Å². The van der Waals surface area contributed by atoms with Crippen LogP contribution in [0.3, 0.4) is 0 Å². The number of piperazine rings is 1. The van der Waals surface area contributed by atoms with Gasteiger partial charge >= 0.3 is 0 Å². The van der Waals surface area contributed by atoms with Gasteiger partial charge in [0.05, 0.1) is 0 Å². The topological polar surface area (TPSA) is 18.5 Å². The molecule has 0 aliphatic carbocycles. The van der Waals surface area contributed by atoms with Crippen LogP contribution >= 0.6 is 0 Å². The highest BCUT2D eigenvalue weighted by Crippen LogP contribution is 2.23. The molecular formula is C16H33N3. The van der Waals surface area contributed by atoms with Gasteiger partial charge in [0.15, 0.2) is 0 Å². The van der Waals surface area contributed by atoms with Crippen LogP contribution in [-0.4, -0.2) is 61.2 Å². The molecule has 2 heterocycles. The molecule has 0 aromatic rings. The lowest BCUT2D eigenvalue weighted by atomic mass is 9.89. The highest BCUT2D eigenvalue weighted by Gasteiger charge is 2.32. The van der Waals surface area contributed by atoms with Crippen LogP contribution in [0.2, 0.25) is 0 Å². The Morgan fingerprint density at radius 1 is 1.00 bits per heavy atom. The number of rotatable bonds is 5. The summed E-state index contributed by atoms with van der Waals surface area (Å²) in [5.41, 5.74) is 0.391. The van der Waals surface area contributed by atoms with Gasteiger partial charge in [0.25, 0.3) is 0 Å². The first-order valence-corrected chi connectivity index (χ1v) is 8.41. The molecule has 0 amide bonds. The molecule has 3 heteroatoms. The maximum atomic E-state index is 3.77. The number of hydrogen-bond acceptors (Lipinski definition) is 3. The van der Waals surface area contributed by atoms with Crippen molar-refractivity contribution >= 4 is 0 Å². The van der Waals surface area contributed by atoms with Gasteiger partial charge in [-0.15, -0.1) is 0 Å². The molecule has 2 saturated heterocycles. The summed E-state index contributed by atoms with van der Waals surface area (Å²) in [4.78, 5) is 5.33. The van der Waals surface area contributed by atoms with E-state index in [-0.39, 0.29) is 0 Å². The van der Waals surface area contributed by atoms with E-state index in [4.69, 9.17) is 0 Å². The molecule has 19 heavy (non-hydrogen) atoms. The Morgan fingerprint density at radius 3 is 2.26 bits per heavy atom. The monoisotopic (exact) mass is 267 g/mol. The molecule has 0 unspecified atom stereocenters. The number of nitrogens with zero attached hydrogens (tertiary/aromatic N) is 2. The van der Waals surface area contributed by atoms with E-state index in [1.54, 1.807) is 0 Å². The highest BCUT2D eigenvalue weighted by atomic mass is 15.2. The number of nitrogens with one attached hydrogen (secondary N) is 1. The maximum Gasteiger partial charge on any atom is 0.0304 e. The van der Waals surface area contributed by atoms with E-state index >= 15 is 0 Å². The summed E-state index contributed by atoms with van der Waals surface area (Å²) in [6, 6.07) is 0. The van der Waals surface area contributed by atoms with Gasteiger partial charge in [-0.1, -0.05) is 20.8 Å². The Hall–Kier alpha value is -0.120. The van der Waals surface area contributed by atoms with Crippen molar-refractivity contribution in [2.45, 2.75) is 52.0 Å². The van der Waals surface area contributed by atoms with Gasteiger partial charge < -0.3 is 10.2 Å². The van der Waals surface area contributed by atoms with E-state index < -0.39 is 0 Å². The first-order chi connectivity index (χ1) is 9.21. The fraction of sp³-hybridized carbons (Fsp3) is 1.00. The fourth-order valence-electron chi connectivity index (χ4n) is 3.77. The molecule has 1 N–H and O–H groups in total. The lowest BCUT2D eigenvalue weighted by molar-refractivity contribution is 0.0883. The fourth-order valence-corrected chi connectivity index (χ4v) is 3.77. The summed E-state index contributed by atoms with van der Waals surface area (Å²) in [6.45, 7) is 15.8. The highest BCUT2D eigenvalue weighted by molar-refractivity contribution is 4.93. The van der Waals surface area contributed by atoms with Gasteiger partial charge in [0.1, 0.15) is 0 Å². The van der Waals surface area contributed by atoms with Gasteiger partial charge in [-0.3, -0.25) is 4.90 Å². The van der Waals surface area contributed by atoms with Gasteiger partial charge in [-0.05, 0) is 51.2 Å². The lowest BCUT2D eigenvalue weighted by Gasteiger charge is -2.45. The predicted octanol–water partition coefficient (Wildman–Crippen LogP) is 2.18. The third-order valence-electron chi connectivity index (χ3n) is 5.48. The normalized spacial score (nSPS) is 26.7. The zero-order valence-corrected chi connectivity index (χ0v) is 13.2. The van der Waals surface area contributed by atoms with Crippen molar-refractivity contribution in [3.05, 3.63) is 0 Å². The average molecular weight is 267 g/mol. The van der Waals surface area contributed by atoms with Crippen LogP contribution in [0.5, 0.6) is 0 Å². The summed E-state index contributed by atoms with van der Waals surface area (Å²) in [6.07, 6.45) is 5.33. The van der Waals surface area contributed by atoms with E-state index in [0.29, 0.717) is 5.54 Å². The Labute approximate surface area is 119 Å². The largest absolute Gasteiger partial charge is 0.309 e. The summed E-state index contributed by atoms with van der Waals surface area (Å²) in [7, 11) is 0. The Morgan fingerprint density at radius 2 is 1.68 bits per heavy atom. The molecule has 0 bridgehead atoms. The molecule has 0 saturated carbocycles. The zero-order valence-electron chi connectivity index (χ0n) is 13.2. The molecule has 3 nitrogen and oxygen atoms in total. The minimum absolute atomic E-state index is 0.391. The Balaban J connectivity index is 1.79. The van der Waals surface area contributed by atoms with Crippen LogP contribution in [0.25, 0.3) is 0 Å². The minimum atomic E-state index is 0.391. The van der Waals surface area contributed by atoms with E-state index in [0.717, 1.165) is 5.92 Å². The van der Waals surface area contributed by atoms with Crippen LogP contribution in [0.4, 0.5) is 0 Å². The Kier molecular flexibility index (Phi) is 5.67. The molecule has 0 atom stereocenters. The van der Waals surface area contributed by atoms with Crippen molar-refractivity contribution in [2.75, 3.05) is 45.8 Å². The molecule has 0 aromatic carbocycles. The first kappa shape index (κ1) is 15.3. The molecular weight excluding hydrogens is 234 g/mol. The Bertz CT molecular complexity index is 255. The summed E-state index contributed by atoms with van der Waals surface area (Å²) >= 11 is 0. The quantitative estimate of drug-likeness (QED) is 0.824. The van der Waals surface area contributed by atoms with Crippen molar-refractivity contribution in [2.24, 2.45) is 5.92 Å². The molecule has 0 aromatic heterocycles. The first-order valence-electron chi connectivity index (χ1n) is 8.41. The van der Waals surface area contributed by atoms with Gasteiger partial charge in [-0.25, -0.2) is 0 Å². The second-order valence-corrected chi connectivity index (χ2v) is 6.53. The average Bonchev–Trinajstić information content (AvgIpc) is 2.48. The maximum absolute atomic E-state index is 3.77. The van der Waals surface area contributed by atoms with Crippen LogP contribution in [0.1, 0.15) is 46.5 Å². The van der Waals surface area contributed by atoms with Crippen molar-refractivity contribution in [1.82, 2.24) is 15.1 Å². The van der Waals surface area contributed by atoms with Gasteiger partial charge in [0.2, 0.25) is 0 Å². The molecule has 0 radical (unpaired) electrons. The van der Waals surface area contributed by atoms with Gasteiger partial charge in [-0.2, -0.15) is 0 Å². The van der Waals surface area contributed by atoms with Crippen molar-refractivity contribution in [1.29, 1.82) is 0 Å². The second-order valence-electron chi connectivity index (χ2n) is 6.53. The van der Waals surface area contributed by atoms with Crippen molar-refractivity contribution in [3.8, 4) is 0 Å². The number of likely N-dealkylation sites (tertiary alicyclic amines) is 1. The van der Waals surface area contributed by atoms with Crippen molar-refractivity contribution < 1.29 is 0 Å². The molecule has 2 aliphatic heterocycles. The zero-order chi connectivity index (χ0) is 13.7. The van der Waals surface area contributed by atoms with E-state index in [1.165, 1.54) is 71.5 Å². The molecule has 112 valence electrons. The molecule has 0 spiro atoms. The summed E-state index contributed by atoms with van der Waals surface area (Å²) in [5, 5.41) is 3.77. The minimum Gasteiger partial charge on any atom is -0.309 e. The van der Waals surface area contributed by atoms with Crippen LogP contribution < -0.4 is 5.32 Å². The molecule has 2 aliphatic rings. The standard InChI is InChI=1S/C16H33N3/c1-4-16(5-2)14-19(12-9-17-16)13-15-7-10-18(6-3)11-8-15/h15,17H,4-14H2,1-3H3. The SMILES string of the molecule is CCN1CCC(CN2CCNC(CC)(CC)C2)CC1. The van der Waals surface area contributed by atoms with Crippen LogP contribution in [0, 0.1) is 5.92 Å². The lowest BCUT2D eigenvalue weighted by Crippen LogP contribution is -2.60. The third kappa shape index (κ3) is 3.93. The summed E-state index contributed by atoms with van der Waals surface area (Å²) in [5.74, 6) is 0.937. The summed E-state index contributed by atoms with van der Waals surface area (Å²) < 4.78 is 0. The van der Waals surface area contributed by atoms with E-state index in [1.807, 2.05) is 0 Å². The predicted molar refractivity (Wildman–Crippen MR) is 82.6 cm³/mol. The van der Waals surface area contributed by atoms with Crippen molar-refractivity contribution in [3.63, 3.8) is 0 Å². The smallest absolute Gasteiger partial charge is 0.0304 e. The molecule has 2 fully saturated rings. The van der Waals surface area contributed by atoms with E-state index in [2.05, 4.69) is 35.9 Å². The van der Waals surface area contributed by atoms with Gasteiger partial charge in [0, 0.05) is 31.7 Å². The number of hydrogen-bond donors (Lipinski definition) is 1. The van der Waals surface area contributed by atoms with E-state index in [9.17, 15) is 0 Å².